The lowest BCUT2D eigenvalue weighted by Crippen LogP contribution is -2.25. The molecule has 1 N–H and O–H groups in total. The molecule has 2 aliphatic rings. The Hall–Kier alpha value is -3.41. The molecule has 0 aromatic heterocycles. The van der Waals surface area contributed by atoms with Gasteiger partial charge in [-0.3, -0.25) is 0 Å². The lowest BCUT2D eigenvalue weighted by atomic mass is 9.68. The third kappa shape index (κ3) is 10.1. The van der Waals surface area contributed by atoms with Crippen LogP contribution in [0.2, 0.25) is 0 Å². The van der Waals surface area contributed by atoms with Gasteiger partial charge in [0.25, 0.3) is 0 Å². The normalized spacial score (nSPS) is 21.7. The number of carbonyl (C=O) groups excluding carboxylic acids is 2. The number of carbonyl (C=O) groups is 2. The maximum atomic E-state index is 12.9. The molecule has 4 rings (SSSR count). The second kappa shape index (κ2) is 17.8. The smallest absolute Gasteiger partial charge is 0.343 e. The van der Waals surface area contributed by atoms with Gasteiger partial charge in [-0.15, -0.1) is 0 Å². The zero-order valence-corrected chi connectivity index (χ0v) is 26.6. The molecule has 2 aromatic carbocycles. The third-order valence-electron chi connectivity index (χ3n) is 9.70. The summed E-state index contributed by atoms with van der Waals surface area (Å²) in [5, 5.41) is 7.98. The quantitative estimate of drug-likeness (QED) is 0.0681. The van der Waals surface area contributed by atoms with Gasteiger partial charge in [0, 0.05) is 17.9 Å². The summed E-state index contributed by atoms with van der Waals surface area (Å²) in [6, 6.07) is 13.0. The van der Waals surface area contributed by atoms with E-state index < -0.39 is 5.97 Å². The first-order valence-electron chi connectivity index (χ1n) is 16.9. The van der Waals surface area contributed by atoms with Crippen LogP contribution in [0.4, 0.5) is 0 Å². The standard InChI is InChI=1S/C38H51NO5/c1-3-9-28-10-12-29(13-11-28)30-14-16-31(17-15-30)33-20-23-36(34(26-33)27-39)44-38(41)32-18-21-35(22-19-32)42-24-7-5-6-8-25-43-37(40)4-2/h4,18-23,26-31,39H,2-3,5-17,24-25H2,1H3. The molecule has 0 heterocycles. The fourth-order valence-electron chi connectivity index (χ4n) is 7.13. The second-order valence-corrected chi connectivity index (χ2v) is 12.7. The molecule has 6 nitrogen and oxygen atoms in total. The van der Waals surface area contributed by atoms with E-state index in [9.17, 15) is 9.59 Å². The largest absolute Gasteiger partial charge is 0.494 e. The Labute approximate surface area is 264 Å². The minimum Gasteiger partial charge on any atom is -0.494 e. The summed E-state index contributed by atoms with van der Waals surface area (Å²) in [5.74, 6) is 3.57. The molecule has 0 aliphatic heterocycles. The van der Waals surface area contributed by atoms with Gasteiger partial charge in [-0.1, -0.05) is 45.3 Å². The van der Waals surface area contributed by atoms with Gasteiger partial charge < -0.3 is 19.6 Å². The zero-order chi connectivity index (χ0) is 31.1. The summed E-state index contributed by atoms with van der Waals surface area (Å²) >= 11 is 0. The number of rotatable bonds is 16. The molecule has 2 aromatic rings. The Morgan fingerprint density at radius 3 is 2.16 bits per heavy atom. The van der Waals surface area contributed by atoms with Gasteiger partial charge >= 0.3 is 11.9 Å². The fraction of sp³-hybridized carbons (Fsp3) is 0.553. The molecule has 2 aliphatic carbocycles. The highest BCUT2D eigenvalue weighted by Crippen LogP contribution is 2.44. The Morgan fingerprint density at radius 1 is 0.864 bits per heavy atom. The first-order chi connectivity index (χ1) is 21.5. The molecule has 6 heteroatoms. The fourth-order valence-corrected chi connectivity index (χ4v) is 7.13. The van der Waals surface area contributed by atoms with Gasteiger partial charge in [0.1, 0.15) is 11.5 Å². The summed E-state index contributed by atoms with van der Waals surface area (Å²) in [6.45, 7) is 6.68. The number of hydrogen-bond acceptors (Lipinski definition) is 6. The highest BCUT2D eigenvalue weighted by atomic mass is 16.5. The van der Waals surface area contributed by atoms with Crippen LogP contribution in [-0.4, -0.2) is 31.4 Å². The van der Waals surface area contributed by atoms with Crippen molar-refractivity contribution in [3.8, 4) is 11.5 Å². The second-order valence-electron chi connectivity index (χ2n) is 12.7. The molecule has 238 valence electrons. The van der Waals surface area contributed by atoms with E-state index in [-0.39, 0.29) is 5.97 Å². The Morgan fingerprint density at radius 2 is 1.52 bits per heavy atom. The Bertz CT molecular complexity index is 1210. The van der Waals surface area contributed by atoms with E-state index in [0.717, 1.165) is 43.4 Å². The average molecular weight is 602 g/mol. The number of unbranched alkanes of at least 4 members (excludes halogenated alkanes) is 3. The first kappa shape index (κ1) is 33.5. The Balaban J connectivity index is 1.19. The number of benzene rings is 2. The van der Waals surface area contributed by atoms with E-state index in [1.54, 1.807) is 24.3 Å². The summed E-state index contributed by atoms with van der Waals surface area (Å²) in [5.41, 5.74) is 2.34. The molecule has 0 spiro atoms. The Kier molecular flexibility index (Phi) is 13.5. The molecule has 0 amide bonds. The van der Waals surface area contributed by atoms with Crippen LogP contribution < -0.4 is 9.47 Å². The van der Waals surface area contributed by atoms with Crippen molar-refractivity contribution in [1.29, 1.82) is 5.41 Å². The number of esters is 2. The van der Waals surface area contributed by atoms with Gasteiger partial charge in [-0.05, 0) is 130 Å². The van der Waals surface area contributed by atoms with Crippen molar-refractivity contribution in [2.24, 2.45) is 17.8 Å². The van der Waals surface area contributed by atoms with Crippen molar-refractivity contribution in [1.82, 2.24) is 0 Å². The molecule has 0 saturated heterocycles. The van der Waals surface area contributed by atoms with Gasteiger partial charge in [0.15, 0.2) is 0 Å². The maximum Gasteiger partial charge on any atom is 0.343 e. The van der Waals surface area contributed by atoms with Crippen LogP contribution in [0.5, 0.6) is 11.5 Å². The van der Waals surface area contributed by atoms with Crippen LogP contribution in [0.15, 0.2) is 55.1 Å². The van der Waals surface area contributed by atoms with Crippen LogP contribution in [0.25, 0.3) is 0 Å². The first-order valence-corrected chi connectivity index (χ1v) is 16.9. The molecule has 2 saturated carbocycles. The molecule has 2 fully saturated rings. The number of nitrogens with one attached hydrogen (secondary N) is 1. The number of ether oxygens (including phenoxy) is 3. The van der Waals surface area contributed by atoms with Gasteiger partial charge in [0.2, 0.25) is 0 Å². The average Bonchev–Trinajstić information content (AvgIpc) is 3.06. The van der Waals surface area contributed by atoms with E-state index in [1.807, 2.05) is 12.1 Å². The van der Waals surface area contributed by atoms with Crippen molar-refractivity contribution < 1.29 is 23.8 Å². The topological polar surface area (TPSA) is 85.7 Å². The van der Waals surface area contributed by atoms with Crippen molar-refractivity contribution in [3.63, 3.8) is 0 Å². The van der Waals surface area contributed by atoms with Gasteiger partial charge in [0.05, 0.1) is 18.8 Å². The zero-order valence-electron chi connectivity index (χ0n) is 26.6. The summed E-state index contributed by atoms with van der Waals surface area (Å²) in [7, 11) is 0. The van der Waals surface area contributed by atoms with Crippen LogP contribution in [0.1, 0.15) is 124 Å². The van der Waals surface area contributed by atoms with Gasteiger partial charge in [-0.2, -0.15) is 0 Å². The van der Waals surface area contributed by atoms with E-state index in [2.05, 4.69) is 19.6 Å². The minimum atomic E-state index is -0.446. The van der Waals surface area contributed by atoms with E-state index in [4.69, 9.17) is 19.6 Å². The summed E-state index contributed by atoms with van der Waals surface area (Å²) in [4.78, 5) is 23.9. The summed E-state index contributed by atoms with van der Waals surface area (Å²) in [6.07, 6.45) is 19.6. The predicted octanol–water partition coefficient (Wildman–Crippen LogP) is 9.45. The highest BCUT2D eigenvalue weighted by molar-refractivity contribution is 5.93. The highest BCUT2D eigenvalue weighted by Gasteiger charge is 2.31. The lowest BCUT2D eigenvalue weighted by Gasteiger charge is -2.38. The molecule has 0 unspecified atom stereocenters. The van der Waals surface area contributed by atoms with E-state index >= 15 is 0 Å². The summed E-state index contributed by atoms with van der Waals surface area (Å²) < 4.78 is 16.5. The van der Waals surface area contributed by atoms with Crippen molar-refractivity contribution in [2.75, 3.05) is 13.2 Å². The third-order valence-corrected chi connectivity index (χ3v) is 9.70. The molecule has 0 atom stereocenters. The van der Waals surface area contributed by atoms with Crippen molar-refractivity contribution >= 4 is 18.2 Å². The van der Waals surface area contributed by atoms with E-state index in [0.29, 0.717) is 41.8 Å². The van der Waals surface area contributed by atoms with E-state index in [1.165, 1.54) is 82.1 Å². The van der Waals surface area contributed by atoms with Crippen molar-refractivity contribution in [2.45, 2.75) is 103 Å². The maximum absolute atomic E-state index is 12.9. The molecule has 44 heavy (non-hydrogen) atoms. The molecular formula is C38H51NO5. The van der Waals surface area contributed by atoms with Crippen LogP contribution in [0, 0.1) is 23.2 Å². The van der Waals surface area contributed by atoms with Crippen LogP contribution in [0.3, 0.4) is 0 Å². The molecular weight excluding hydrogens is 550 g/mol. The van der Waals surface area contributed by atoms with Crippen LogP contribution >= 0.6 is 0 Å². The lowest BCUT2D eigenvalue weighted by molar-refractivity contribution is -0.137. The number of hydrogen-bond donors (Lipinski definition) is 1. The predicted molar refractivity (Wildman–Crippen MR) is 176 cm³/mol. The molecule has 0 radical (unpaired) electrons. The van der Waals surface area contributed by atoms with Crippen LogP contribution in [-0.2, 0) is 9.53 Å². The van der Waals surface area contributed by atoms with Gasteiger partial charge in [-0.25, -0.2) is 9.59 Å². The van der Waals surface area contributed by atoms with Crippen molar-refractivity contribution in [3.05, 3.63) is 71.8 Å². The SMILES string of the molecule is C=CC(=O)OCCCCCCOc1ccc(C(=O)Oc2ccc(C3CCC(C4CCC(CCC)CC4)CC3)cc2C=N)cc1. The molecule has 0 bridgehead atoms. The monoisotopic (exact) mass is 601 g/mol. The minimum absolute atomic E-state index is 0.383.